The van der Waals surface area contributed by atoms with Gasteiger partial charge in [0.25, 0.3) is 5.91 Å². The van der Waals surface area contributed by atoms with Gasteiger partial charge in [-0.05, 0) is 67.3 Å². The standard InChI is InChI=1S/C21H24ClFN2O3/c1-28-19-10-15(9-18(22)20(19)26)13-25-8-2-3-14(12-25)11-24-21(27)16-4-6-17(23)7-5-16/h4-7,9-10,14,26H,2-3,8,11-13H2,1H3,(H,24,27)/t14-/m1/s1. The minimum absolute atomic E-state index is 0.0482. The molecule has 5 nitrogen and oxygen atoms in total. The minimum Gasteiger partial charge on any atom is -0.503 e. The Morgan fingerprint density at radius 2 is 2.11 bits per heavy atom. The first-order chi connectivity index (χ1) is 13.5. The molecule has 0 unspecified atom stereocenters. The van der Waals surface area contributed by atoms with Crippen molar-refractivity contribution < 1.29 is 19.0 Å². The first-order valence-corrected chi connectivity index (χ1v) is 9.65. The SMILES string of the molecule is COc1cc(CN2CCC[C@H](CNC(=O)c3ccc(F)cc3)C2)cc(Cl)c1O. The van der Waals surface area contributed by atoms with E-state index in [1.807, 2.05) is 0 Å². The van der Waals surface area contributed by atoms with E-state index >= 15 is 0 Å². The van der Waals surface area contributed by atoms with E-state index < -0.39 is 0 Å². The van der Waals surface area contributed by atoms with E-state index in [0.29, 0.717) is 30.3 Å². The topological polar surface area (TPSA) is 61.8 Å². The smallest absolute Gasteiger partial charge is 0.251 e. The molecule has 2 aromatic carbocycles. The van der Waals surface area contributed by atoms with Crippen molar-refractivity contribution in [2.45, 2.75) is 19.4 Å². The molecule has 1 amide bonds. The van der Waals surface area contributed by atoms with Crippen LogP contribution in [0.5, 0.6) is 11.5 Å². The Kier molecular flexibility index (Phi) is 6.75. The average molecular weight is 407 g/mol. The zero-order chi connectivity index (χ0) is 20.1. The Morgan fingerprint density at radius 3 is 2.82 bits per heavy atom. The van der Waals surface area contributed by atoms with Crippen molar-refractivity contribution in [3.63, 3.8) is 0 Å². The van der Waals surface area contributed by atoms with Crippen molar-refractivity contribution >= 4 is 17.5 Å². The van der Waals surface area contributed by atoms with E-state index in [2.05, 4.69) is 10.2 Å². The molecule has 1 atom stereocenters. The lowest BCUT2D eigenvalue weighted by molar-refractivity contribution is 0.0930. The Bertz CT molecular complexity index is 829. The molecule has 1 saturated heterocycles. The number of benzene rings is 2. The van der Waals surface area contributed by atoms with Crippen LogP contribution in [0.3, 0.4) is 0 Å². The maximum Gasteiger partial charge on any atom is 0.251 e. The number of rotatable bonds is 6. The number of amides is 1. The van der Waals surface area contributed by atoms with E-state index in [1.54, 1.807) is 12.1 Å². The molecular weight excluding hydrogens is 383 g/mol. The second kappa shape index (κ2) is 9.26. The molecular formula is C21H24ClFN2O3. The first kappa shape index (κ1) is 20.4. The summed E-state index contributed by atoms with van der Waals surface area (Å²) in [7, 11) is 1.50. The molecule has 2 aromatic rings. The summed E-state index contributed by atoms with van der Waals surface area (Å²) in [6, 6.07) is 9.09. The van der Waals surface area contributed by atoms with Crippen LogP contribution >= 0.6 is 11.6 Å². The number of halogens is 2. The predicted molar refractivity (Wildman–Crippen MR) is 106 cm³/mol. The number of methoxy groups -OCH3 is 1. The van der Waals surface area contributed by atoms with Crippen molar-refractivity contribution in [1.29, 1.82) is 0 Å². The molecule has 0 aliphatic carbocycles. The van der Waals surface area contributed by atoms with Gasteiger partial charge in [0.2, 0.25) is 0 Å². The largest absolute Gasteiger partial charge is 0.503 e. The van der Waals surface area contributed by atoms with Crippen LogP contribution < -0.4 is 10.1 Å². The van der Waals surface area contributed by atoms with Gasteiger partial charge in [-0.25, -0.2) is 4.39 Å². The number of hydrogen-bond acceptors (Lipinski definition) is 4. The first-order valence-electron chi connectivity index (χ1n) is 9.27. The number of nitrogens with zero attached hydrogens (tertiary/aromatic N) is 1. The van der Waals surface area contributed by atoms with Crippen LogP contribution in [-0.4, -0.2) is 42.7 Å². The molecule has 0 saturated carbocycles. The Labute approximate surface area is 169 Å². The molecule has 1 aliphatic heterocycles. The van der Waals surface area contributed by atoms with E-state index in [1.165, 1.54) is 31.4 Å². The number of aromatic hydroxyl groups is 1. The molecule has 150 valence electrons. The highest BCUT2D eigenvalue weighted by Crippen LogP contribution is 2.35. The Morgan fingerprint density at radius 1 is 1.36 bits per heavy atom. The lowest BCUT2D eigenvalue weighted by atomic mass is 9.97. The van der Waals surface area contributed by atoms with Gasteiger partial charge in [-0.2, -0.15) is 0 Å². The lowest BCUT2D eigenvalue weighted by Crippen LogP contribution is -2.40. The maximum atomic E-state index is 13.0. The monoisotopic (exact) mass is 406 g/mol. The highest BCUT2D eigenvalue weighted by Gasteiger charge is 2.21. The van der Waals surface area contributed by atoms with Crippen LogP contribution in [0, 0.1) is 11.7 Å². The van der Waals surface area contributed by atoms with Gasteiger partial charge in [-0.1, -0.05) is 11.6 Å². The second-order valence-corrected chi connectivity index (χ2v) is 7.50. The molecule has 2 N–H and O–H groups in total. The van der Waals surface area contributed by atoms with Crippen molar-refractivity contribution in [2.24, 2.45) is 5.92 Å². The number of ether oxygens (including phenoxy) is 1. The number of piperidine rings is 1. The van der Waals surface area contributed by atoms with E-state index in [9.17, 15) is 14.3 Å². The lowest BCUT2D eigenvalue weighted by Gasteiger charge is -2.33. The molecule has 0 spiro atoms. The average Bonchev–Trinajstić information content (AvgIpc) is 2.69. The van der Waals surface area contributed by atoms with E-state index in [-0.39, 0.29) is 22.5 Å². The fourth-order valence-electron chi connectivity index (χ4n) is 3.53. The molecule has 0 radical (unpaired) electrons. The van der Waals surface area contributed by atoms with Crippen LogP contribution in [-0.2, 0) is 6.54 Å². The Hall–Kier alpha value is -2.31. The summed E-state index contributed by atoms with van der Waals surface area (Å²) >= 11 is 6.08. The second-order valence-electron chi connectivity index (χ2n) is 7.09. The quantitative estimate of drug-likeness (QED) is 0.765. The molecule has 7 heteroatoms. The van der Waals surface area contributed by atoms with Crippen molar-refractivity contribution in [3.05, 3.63) is 58.4 Å². The summed E-state index contributed by atoms with van der Waals surface area (Å²) in [6.45, 7) is 3.08. The summed E-state index contributed by atoms with van der Waals surface area (Å²) < 4.78 is 18.1. The van der Waals surface area contributed by atoms with Crippen molar-refractivity contribution in [2.75, 3.05) is 26.7 Å². The molecule has 1 heterocycles. The molecule has 1 aliphatic rings. The normalized spacial score (nSPS) is 17.3. The van der Waals surface area contributed by atoms with Crippen LogP contribution in [0.4, 0.5) is 4.39 Å². The van der Waals surface area contributed by atoms with Crippen LogP contribution in [0.15, 0.2) is 36.4 Å². The molecule has 1 fully saturated rings. The van der Waals surface area contributed by atoms with Gasteiger partial charge in [0.1, 0.15) is 5.82 Å². The van der Waals surface area contributed by atoms with E-state index in [0.717, 1.165) is 31.5 Å². The number of carbonyl (C=O) groups excluding carboxylic acids is 1. The fraction of sp³-hybridized carbons (Fsp3) is 0.381. The summed E-state index contributed by atoms with van der Waals surface area (Å²) in [5, 5.41) is 13.1. The van der Waals surface area contributed by atoms with Gasteiger partial charge in [-0.3, -0.25) is 9.69 Å². The van der Waals surface area contributed by atoms with Gasteiger partial charge in [0.05, 0.1) is 12.1 Å². The number of phenolic OH excluding ortho intramolecular Hbond substituents is 1. The Balaban J connectivity index is 1.55. The highest BCUT2D eigenvalue weighted by molar-refractivity contribution is 6.32. The minimum atomic E-state index is -0.356. The van der Waals surface area contributed by atoms with Gasteiger partial charge in [-0.15, -0.1) is 0 Å². The van der Waals surface area contributed by atoms with Gasteiger partial charge < -0.3 is 15.2 Å². The number of likely N-dealkylation sites (tertiary alicyclic amines) is 1. The van der Waals surface area contributed by atoms with Crippen LogP contribution in [0.1, 0.15) is 28.8 Å². The summed E-state index contributed by atoms with van der Waals surface area (Å²) in [4.78, 5) is 14.5. The highest BCUT2D eigenvalue weighted by atomic mass is 35.5. The zero-order valence-corrected chi connectivity index (χ0v) is 16.5. The number of hydrogen-bond donors (Lipinski definition) is 2. The van der Waals surface area contributed by atoms with Crippen LogP contribution in [0.25, 0.3) is 0 Å². The summed E-state index contributed by atoms with van der Waals surface area (Å²) in [6.07, 6.45) is 2.08. The predicted octanol–water partition coefficient (Wildman–Crippen LogP) is 3.84. The third-order valence-electron chi connectivity index (χ3n) is 4.98. The maximum absolute atomic E-state index is 13.0. The molecule has 0 aromatic heterocycles. The fourth-order valence-corrected chi connectivity index (χ4v) is 3.77. The molecule has 3 rings (SSSR count). The van der Waals surface area contributed by atoms with Gasteiger partial charge in [0, 0.05) is 25.2 Å². The van der Waals surface area contributed by atoms with Crippen molar-refractivity contribution in [3.8, 4) is 11.5 Å². The van der Waals surface area contributed by atoms with E-state index in [4.69, 9.17) is 16.3 Å². The van der Waals surface area contributed by atoms with Gasteiger partial charge >= 0.3 is 0 Å². The molecule has 28 heavy (non-hydrogen) atoms. The van der Waals surface area contributed by atoms with Crippen LogP contribution in [0.2, 0.25) is 5.02 Å². The number of nitrogens with one attached hydrogen (secondary N) is 1. The van der Waals surface area contributed by atoms with Crippen molar-refractivity contribution in [1.82, 2.24) is 10.2 Å². The third kappa shape index (κ3) is 5.14. The number of phenols is 1. The number of carbonyl (C=O) groups is 1. The zero-order valence-electron chi connectivity index (χ0n) is 15.8. The third-order valence-corrected chi connectivity index (χ3v) is 5.26. The molecule has 0 bridgehead atoms. The summed E-state index contributed by atoms with van der Waals surface area (Å²) in [5.41, 5.74) is 1.43. The summed E-state index contributed by atoms with van der Waals surface area (Å²) in [5.74, 6) is 0.112. The van der Waals surface area contributed by atoms with Gasteiger partial charge in [0.15, 0.2) is 11.5 Å².